The number of benzene rings is 1. The summed E-state index contributed by atoms with van der Waals surface area (Å²) in [5.74, 6) is -1.55. The van der Waals surface area contributed by atoms with Crippen molar-refractivity contribution in [1.29, 1.82) is 0 Å². The summed E-state index contributed by atoms with van der Waals surface area (Å²) in [7, 11) is 0. The average molecular weight is 362 g/mol. The predicted octanol–water partition coefficient (Wildman–Crippen LogP) is 3.42. The highest BCUT2D eigenvalue weighted by Crippen LogP contribution is 2.14. The number of carboxylic acid groups (broad SMARTS) is 1. The lowest BCUT2D eigenvalue weighted by Gasteiger charge is -2.19. The summed E-state index contributed by atoms with van der Waals surface area (Å²) in [6.07, 6.45) is 3.25. The Labute approximate surface area is 153 Å². The number of hydrogen-bond donors (Lipinski definition) is 3. The zero-order valence-corrected chi connectivity index (χ0v) is 15.5. The summed E-state index contributed by atoms with van der Waals surface area (Å²) in [4.78, 5) is 34.7. The fraction of sp³-hybridized carbons (Fsp3) is 0.421. The minimum atomic E-state index is -1.06. The number of amides is 2. The molecule has 0 saturated carbocycles. The molecule has 2 amide bonds. The third kappa shape index (κ3) is 8.32. The number of rotatable bonds is 7. The molecule has 7 heteroatoms. The van der Waals surface area contributed by atoms with Crippen molar-refractivity contribution in [2.75, 3.05) is 5.32 Å². The molecule has 26 heavy (non-hydrogen) atoms. The Kier molecular flexibility index (Phi) is 7.83. The molecule has 1 rings (SSSR count). The summed E-state index contributed by atoms with van der Waals surface area (Å²) >= 11 is 0. The first kappa shape index (κ1) is 21.2. The van der Waals surface area contributed by atoms with Crippen molar-refractivity contribution in [3.8, 4) is 0 Å². The standard InChI is InChI=1S/C19H26N2O5/c1-5-7-15(17(23)24)21-16(22)11-10-13-8-6-9-14(12-13)20-18(25)26-19(2,3)4/h6,8-12,15H,5,7H2,1-4H3,(H,20,25)(H,21,22)(H,23,24). The summed E-state index contributed by atoms with van der Waals surface area (Å²) in [6.45, 7) is 7.16. The Morgan fingerprint density at radius 1 is 1.27 bits per heavy atom. The van der Waals surface area contributed by atoms with Gasteiger partial charge >= 0.3 is 12.1 Å². The molecule has 3 N–H and O–H groups in total. The molecule has 1 atom stereocenters. The second-order valence-corrected chi connectivity index (χ2v) is 6.77. The first-order valence-corrected chi connectivity index (χ1v) is 8.42. The Balaban J connectivity index is 2.70. The number of anilines is 1. The Morgan fingerprint density at radius 3 is 2.54 bits per heavy atom. The third-order valence-electron chi connectivity index (χ3n) is 3.15. The summed E-state index contributed by atoms with van der Waals surface area (Å²) < 4.78 is 5.18. The molecule has 0 radical (unpaired) electrons. The number of aliphatic carboxylic acids is 1. The highest BCUT2D eigenvalue weighted by atomic mass is 16.6. The van der Waals surface area contributed by atoms with Gasteiger partial charge in [-0.1, -0.05) is 25.5 Å². The van der Waals surface area contributed by atoms with Gasteiger partial charge in [0, 0.05) is 11.8 Å². The molecule has 0 aliphatic carbocycles. The van der Waals surface area contributed by atoms with Crippen molar-refractivity contribution in [3.05, 3.63) is 35.9 Å². The zero-order valence-electron chi connectivity index (χ0n) is 15.5. The molecular weight excluding hydrogens is 336 g/mol. The van der Waals surface area contributed by atoms with Crippen LogP contribution < -0.4 is 10.6 Å². The fourth-order valence-corrected chi connectivity index (χ4v) is 2.08. The van der Waals surface area contributed by atoms with Crippen LogP contribution in [0.15, 0.2) is 30.3 Å². The minimum absolute atomic E-state index is 0.365. The lowest BCUT2D eigenvalue weighted by molar-refractivity contribution is -0.141. The van der Waals surface area contributed by atoms with Gasteiger partial charge in [0.2, 0.25) is 5.91 Å². The van der Waals surface area contributed by atoms with E-state index in [2.05, 4.69) is 10.6 Å². The van der Waals surface area contributed by atoms with Crippen molar-refractivity contribution >= 4 is 29.7 Å². The second kappa shape index (κ2) is 9.60. The fourth-order valence-electron chi connectivity index (χ4n) is 2.08. The van der Waals surface area contributed by atoms with Gasteiger partial charge in [-0.2, -0.15) is 0 Å². The molecule has 0 bridgehead atoms. The molecule has 7 nitrogen and oxygen atoms in total. The molecule has 142 valence electrons. The van der Waals surface area contributed by atoms with E-state index in [9.17, 15) is 14.4 Å². The molecular formula is C19H26N2O5. The predicted molar refractivity (Wildman–Crippen MR) is 99.8 cm³/mol. The van der Waals surface area contributed by atoms with E-state index in [0.29, 0.717) is 24.1 Å². The van der Waals surface area contributed by atoms with Gasteiger partial charge in [-0.15, -0.1) is 0 Å². The van der Waals surface area contributed by atoms with Crippen LogP contribution in [-0.4, -0.2) is 34.7 Å². The van der Waals surface area contributed by atoms with Gasteiger partial charge < -0.3 is 15.2 Å². The van der Waals surface area contributed by atoms with Crippen molar-refractivity contribution < 1.29 is 24.2 Å². The van der Waals surface area contributed by atoms with E-state index in [1.807, 2.05) is 6.92 Å². The van der Waals surface area contributed by atoms with E-state index < -0.39 is 29.6 Å². The van der Waals surface area contributed by atoms with Crippen LogP contribution in [0.5, 0.6) is 0 Å². The van der Waals surface area contributed by atoms with E-state index in [-0.39, 0.29) is 0 Å². The zero-order chi connectivity index (χ0) is 19.7. The van der Waals surface area contributed by atoms with Crippen molar-refractivity contribution in [3.63, 3.8) is 0 Å². The van der Waals surface area contributed by atoms with Crippen LogP contribution in [0, 0.1) is 0 Å². The quantitative estimate of drug-likeness (QED) is 0.645. The van der Waals surface area contributed by atoms with Gasteiger partial charge in [0.1, 0.15) is 11.6 Å². The van der Waals surface area contributed by atoms with E-state index in [4.69, 9.17) is 9.84 Å². The molecule has 0 aliphatic heterocycles. The molecule has 1 aromatic rings. The van der Waals surface area contributed by atoms with Crippen molar-refractivity contribution in [2.45, 2.75) is 52.2 Å². The van der Waals surface area contributed by atoms with E-state index in [1.54, 1.807) is 51.1 Å². The van der Waals surface area contributed by atoms with Gasteiger partial charge in [-0.05, 0) is 51.0 Å². The molecule has 0 aliphatic rings. The lowest BCUT2D eigenvalue weighted by atomic mass is 10.1. The lowest BCUT2D eigenvalue weighted by Crippen LogP contribution is -2.39. The van der Waals surface area contributed by atoms with Crippen LogP contribution >= 0.6 is 0 Å². The SMILES string of the molecule is CCCC(NC(=O)C=Cc1cccc(NC(=O)OC(C)(C)C)c1)C(=O)O. The number of ether oxygens (including phenoxy) is 1. The van der Waals surface area contributed by atoms with Crippen LogP contribution in [0.1, 0.15) is 46.1 Å². The molecule has 0 heterocycles. The van der Waals surface area contributed by atoms with Crippen molar-refractivity contribution in [2.24, 2.45) is 0 Å². The molecule has 0 spiro atoms. The maximum absolute atomic E-state index is 11.9. The highest BCUT2D eigenvalue weighted by molar-refractivity contribution is 5.94. The van der Waals surface area contributed by atoms with Crippen LogP contribution in [0.4, 0.5) is 10.5 Å². The smallest absolute Gasteiger partial charge is 0.412 e. The first-order valence-electron chi connectivity index (χ1n) is 8.42. The Morgan fingerprint density at radius 2 is 1.96 bits per heavy atom. The molecule has 0 aromatic heterocycles. The normalized spacial score (nSPS) is 12.5. The Bertz CT molecular complexity index is 677. The Hall–Kier alpha value is -2.83. The minimum Gasteiger partial charge on any atom is -0.480 e. The number of carbonyl (C=O) groups is 3. The molecule has 0 fully saturated rings. The molecule has 1 aromatic carbocycles. The molecule has 1 unspecified atom stereocenters. The monoisotopic (exact) mass is 362 g/mol. The van der Waals surface area contributed by atoms with E-state index in [0.717, 1.165) is 0 Å². The second-order valence-electron chi connectivity index (χ2n) is 6.77. The summed E-state index contributed by atoms with van der Waals surface area (Å²) in [5, 5.41) is 14.1. The maximum atomic E-state index is 11.9. The van der Waals surface area contributed by atoms with E-state index >= 15 is 0 Å². The van der Waals surface area contributed by atoms with Crippen molar-refractivity contribution in [1.82, 2.24) is 5.32 Å². The topological polar surface area (TPSA) is 105 Å². The van der Waals surface area contributed by atoms with Crippen LogP contribution in [0.2, 0.25) is 0 Å². The van der Waals surface area contributed by atoms with Gasteiger partial charge in [-0.25, -0.2) is 9.59 Å². The van der Waals surface area contributed by atoms with Gasteiger partial charge in [0.05, 0.1) is 0 Å². The summed E-state index contributed by atoms with van der Waals surface area (Å²) in [6, 6.07) is 5.95. The highest BCUT2D eigenvalue weighted by Gasteiger charge is 2.17. The third-order valence-corrected chi connectivity index (χ3v) is 3.15. The van der Waals surface area contributed by atoms with Gasteiger partial charge in [-0.3, -0.25) is 10.1 Å². The van der Waals surface area contributed by atoms with Crippen LogP contribution in [0.25, 0.3) is 6.08 Å². The van der Waals surface area contributed by atoms with Crippen LogP contribution in [0.3, 0.4) is 0 Å². The van der Waals surface area contributed by atoms with Gasteiger partial charge in [0.25, 0.3) is 0 Å². The number of nitrogens with one attached hydrogen (secondary N) is 2. The number of carboxylic acids is 1. The molecule has 0 saturated heterocycles. The van der Waals surface area contributed by atoms with E-state index in [1.165, 1.54) is 6.08 Å². The number of hydrogen-bond acceptors (Lipinski definition) is 4. The van der Waals surface area contributed by atoms with Gasteiger partial charge in [0.15, 0.2) is 0 Å². The average Bonchev–Trinajstić information content (AvgIpc) is 2.51. The maximum Gasteiger partial charge on any atom is 0.412 e. The largest absolute Gasteiger partial charge is 0.480 e. The number of carbonyl (C=O) groups excluding carboxylic acids is 2. The van der Waals surface area contributed by atoms with Crippen LogP contribution in [-0.2, 0) is 14.3 Å². The summed E-state index contributed by atoms with van der Waals surface area (Å²) in [5.41, 5.74) is 0.603. The first-order chi connectivity index (χ1) is 12.1.